The number of likely N-dealkylation sites (N-methyl/N-ethyl adjacent to an activating group) is 1. The molecular weight excluding hydrogens is 633 g/mol. The molecule has 3 rings (SSSR count). The van der Waals surface area contributed by atoms with Crippen molar-refractivity contribution in [1.29, 1.82) is 0 Å². The van der Waals surface area contributed by atoms with Crippen LogP contribution in [0.2, 0.25) is 0 Å². The fraction of sp³-hybridized carbons (Fsp3) is 0.417. The maximum absolute atomic E-state index is 16.5. The minimum atomic E-state index is -4.84. The first-order valence-electron chi connectivity index (χ1n) is 15.4. The molecule has 2 aromatic carbocycles. The van der Waals surface area contributed by atoms with Crippen LogP contribution in [0.25, 0.3) is 11.1 Å². The van der Waals surface area contributed by atoms with Gasteiger partial charge in [0.1, 0.15) is 17.7 Å². The quantitative estimate of drug-likeness (QED) is 0.163. The van der Waals surface area contributed by atoms with E-state index in [1.54, 1.807) is 64.9 Å². The molecule has 0 aliphatic rings. The van der Waals surface area contributed by atoms with Gasteiger partial charge in [0.15, 0.2) is 0 Å². The van der Waals surface area contributed by atoms with Crippen molar-refractivity contribution in [1.82, 2.24) is 14.8 Å². The Balaban J connectivity index is 2.25. The number of aromatic nitrogens is 1. The SMILES string of the molecule is CC#Cc1cc(-c2c(C)cccc2C)c(F)c([C@@H](CC(=O)O)NC(=O)[C@@H](CC(C)C)n2cc(CCN(C)C)c(C(F)(F)F)cc2=O)c1F. The molecule has 1 amide bonds. The third-order valence-corrected chi connectivity index (χ3v) is 7.92. The number of carbonyl (C=O) groups is 2. The number of carboxylic acid groups (broad SMARTS) is 1. The molecule has 0 spiro atoms. The zero-order valence-electron chi connectivity index (χ0n) is 28.0. The molecule has 7 nitrogen and oxygen atoms in total. The van der Waals surface area contributed by atoms with Gasteiger partial charge in [-0.3, -0.25) is 14.4 Å². The minimum absolute atomic E-state index is 0.0485. The van der Waals surface area contributed by atoms with E-state index in [1.807, 2.05) is 0 Å². The van der Waals surface area contributed by atoms with Crippen molar-refractivity contribution in [3.05, 3.63) is 91.9 Å². The molecule has 1 aromatic heterocycles. The van der Waals surface area contributed by atoms with Crippen molar-refractivity contribution in [2.75, 3.05) is 20.6 Å². The molecule has 2 atom stereocenters. The lowest BCUT2D eigenvalue weighted by Crippen LogP contribution is -2.41. The van der Waals surface area contributed by atoms with Gasteiger partial charge in [0, 0.05) is 29.9 Å². The van der Waals surface area contributed by atoms with E-state index in [0.717, 1.165) is 10.8 Å². The number of nitrogens with zero attached hydrogens (tertiary/aromatic N) is 2. The number of carboxylic acids is 1. The highest BCUT2D eigenvalue weighted by Gasteiger charge is 2.36. The summed E-state index contributed by atoms with van der Waals surface area (Å²) in [6.45, 7) is 8.57. The van der Waals surface area contributed by atoms with Crippen LogP contribution < -0.4 is 10.9 Å². The summed E-state index contributed by atoms with van der Waals surface area (Å²) < 4.78 is 75.2. The second-order valence-electron chi connectivity index (χ2n) is 12.5. The molecule has 0 fully saturated rings. The predicted octanol–water partition coefficient (Wildman–Crippen LogP) is 6.82. The molecule has 258 valence electrons. The summed E-state index contributed by atoms with van der Waals surface area (Å²) in [6, 6.07) is 3.69. The van der Waals surface area contributed by atoms with Crippen molar-refractivity contribution in [2.45, 2.75) is 72.1 Å². The highest BCUT2D eigenvalue weighted by atomic mass is 19.4. The van der Waals surface area contributed by atoms with Gasteiger partial charge in [-0.25, -0.2) is 8.78 Å². The highest BCUT2D eigenvalue weighted by molar-refractivity contribution is 5.82. The molecule has 0 bridgehead atoms. The molecule has 0 radical (unpaired) electrons. The van der Waals surface area contributed by atoms with Crippen LogP contribution in [0.1, 0.15) is 79.1 Å². The summed E-state index contributed by atoms with van der Waals surface area (Å²) in [4.78, 5) is 40.9. The Morgan fingerprint density at radius 1 is 1.06 bits per heavy atom. The first kappa shape index (κ1) is 38.0. The molecule has 0 saturated heterocycles. The van der Waals surface area contributed by atoms with Gasteiger partial charge in [-0.2, -0.15) is 13.2 Å². The topological polar surface area (TPSA) is 91.6 Å². The van der Waals surface area contributed by atoms with Gasteiger partial charge in [-0.1, -0.05) is 38.0 Å². The van der Waals surface area contributed by atoms with Crippen LogP contribution in [0.15, 0.2) is 41.3 Å². The number of hydrogen-bond donors (Lipinski definition) is 2. The first-order valence-corrected chi connectivity index (χ1v) is 15.4. The van der Waals surface area contributed by atoms with Crippen LogP contribution in [0.5, 0.6) is 0 Å². The Morgan fingerprint density at radius 2 is 1.69 bits per heavy atom. The zero-order valence-corrected chi connectivity index (χ0v) is 28.0. The molecule has 12 heteroatoms. The Bertz CT molecular complexity index is 1780. The fourth-order valence-electron chi connectivity index (χ4n) is 5.71. The van der Waals surface area contributed by atoms with Crippen molar-refractivity contribution in [2.24, 2.45) is 5.92 Å². The van der Waals surface area contributed by atoms with Gasteiger partial charge >= 0.3 is 12.1 Å². The summed E-state index contributed by atoms with van der Waals surface area (Å²) in [6.07, 6.45) is -4.94. The molecule has 0 aliphatic carbocycles. The van der Waals surface area contributed by atoms with Crippen molar-refractivity contribution in [3.63, 3.8) is 0 Å². The van der Waals surface area contributed by atoms with E-state index < -0.39 is 64.9 Å². The Kier molecular flexibility index (Phi) is 12.3. The predicted molar refractivity (Wildman–Crippen MR) is 173 cm³/mol. The Labute approximate surface area is 276 Å². The van der Waals surface area contributed by atoms with Crippen LogP contribution in [-0.4, -0.2) is 47.1 Å². The average molecular weight is 674 g/mol. The Morgan fingerprint density at radius 3 is 2.21 bits per heavy atom. The lowest BCUT2D eigenvalue weighted by Gasteiger charge is -2.27. The van der Waals surface area contributed by atoms with Crippen molar-refractivity contribution >= 4 is 11.9 Å². The largest absolute Gasteiger partial charge is 0.481 e. The van der Waals surface area contributed by atoms with Gasteiger partial charge in [-0.05, 0) is 81.9 Å². The fourth-order valence-corrected chi connectivity index (χ4v) is 5.71. The van der Waals surface area contributed by atoms with Gasteiger partial charge in [-0.15, -0.1) is 5.92 Å². The summed E-state index contributed by atoms with van der Waals surface area (Å²) in [5, 5.41) is 12.2. The average Bonchev–Trinajstić information content (AvgIpc) is 2.96. The van der Waals surface area contributed by atoms with Crippen LogP contribution in [0.3, 0.4) is 0 Å². The summed E-state index contributed by atoms with van der Waals surface area (Å²) in [7, 11) is 3.35. The van der Waals surface area contributed by atoms with Crippen LogP contribution in [-0.2, 0) is 22.2 Å². The zero-order chi connectivity index (χ0) is 36.1. The number of rotatable bonds is 12. The van der Waals surface area contributed by atoms with E-state index in [9.17, 15) is 32.7 Å². The molecule has 0 saturated carbocycles. The second kappa shape index (κ2) is 15.6. The summed E-state index contributed by atoms with van der Waals surface area (Å²) in [5.41, 5.74) is -1.72. The van der Waals surface area contributed by atoms with Gasteiger partial charge in [0.2, 0.25) is 5.91 Å². The van der Waals surface area contributed by atoms with Gasteiger partial charge < -0.3 is 19.9 Å². The molecule has 2 N–H and O–H groups in total. The third-order valence-electron chi connectivity index (χ3n) is 7.92. The number of carbonyl (C=O) groups excluding carboxylic acids is 1. The van der Waals surface area contributed by atoms with Crippen molar-refractivity contribution < 1.29 is 36.6 Å². The number of aryl methyl sites for hydroxylation is 2. The number of benzene rings is 2. The standard InChI is InChI=1S/C36H40F5N3O4/c1-8-10-23-16-25(31-21(4)11-9-12-22(31)5)34(38)32(33(23)37)27(18-30(46)47)42-35(48)28(15-20(2)3)44-19-24(13-14-43(6)7)26(17-29(44)45)36(39,40)41/h9,11-12,16-17,19-20,27-28H,13-15,18H2,1-7H3,(H,42,48)(H,46,47)/t27-,28-/m1/s1. The molecule has 3 aromatic rings. The maximum Gasteiger partial charge on any atom is 0.416 e. The number of aliphatic carboxylic acids is 1. The highest BCUT2D eigenvalue weighted by Crippen LogP contribution is 2.37. The molecule has 48 heavy (non-hydrogen) atoms. The molecule has 1 heterocycles. The smallest absolute Gasteiger partial charge is 0.416 e. The molecular formula is C36H40F5N3O4. The van der Waals surface area contributed by atoms with E-state index in [0.29, 0.717) is 22.8 Å². The monoisotopic (exact) mass is 673 g/mol. The van der Waals surface area contributed by atoms with E-state index in [2.05, 4.69) is 17.2 Å². The lowest BCUT2D eigenvalue weighted by atomic mass is 9.89. The second-order valence-corrected chi connectivity index (χ2v) is 12.5. The van der Waals surface area contributed by atoms with Crippen LogP contribution >= 0.6 is 0 Å². The van der Waals surface area contributed by atoms with Crippen molar-refractivity contribution in [3.8, 4) is 23.0 Å². The number of nitrogens with one attached hydrogen (secondary N) is 1. The Hall–Kier alpha value is -4.50. The van der Waals surface area contributed by atoms with E-state index >= 15 is 8.78 Å². The first-order chi connectivity index (χ1) is 22.4. The van der Waals surface area contributed by atoms with E-state index in [-0.39, 0.29) is 42.0 Å². The van der Waals surface area contributed by atoms with Crippen LogP contribution in [0.4, 0.5) is 22.0 Å². The van der Waals surface area contributed by atoms with Crippen LogP contribution in [0, 0.1) is 43.2 Å². The van der Waals surface area contributed by atoms with E-state index in [4.69, 9.17) is 0 Å². The summed E-state index contributed by atoms with van der Waals surface area (Å²) in [5.74, 6) is 0.137. The number of halogens is 5. The normalized spacial score (nSPS) is 12.9. The third kappa shape index (κ3) is 8.89. The molecule has 0 unspecified atom stereocenters. The maximum atomic E-state index is 16.5. The summed E-state index contributed by atoms with van der Waals surface area (Å²) >= 11 is 0. The minimum Gasteiger partial charge on any atom is -0.481 e. The number of hydrogen-bond acceptors (Lipinski definition) is 4. The number of alkyl halides is 3. The van der Waals surface area contributed by atoms with E-state index in [1.165, 1.54) is 13.0 Å². The number of pyridine rings is 1. The number of amides is 1. The lowest BCUT2D eigenvalue weighted by molar-refractivity contribution is -0.139. The van der Waals surface area contributed by atoms with Gasteiger partial charge in [0.05, 0.1) is 23.6 Å². The molecule has 0 aliphatic heterocycles. The van der Waals surface area contributed by atoms with Gasteiger partial charge in [0.25, 0.3) is 5.56 Å².